The van der Waals surface area contributed by atoms with Gasteiger partial charge >= 0.3 is 0 Å². The molecule has 0 unspecified atom stereocenters. The average Bonchev–Trinajstić information content (AvgIpc) is 2.80. The molecular formula is C14H15N3O3. The van der Waals surface area contributed by atoms with Crippen LogP contribution in [0.25, 0.3) is 0 Å². The lowest BCUT2D eigenvalue weighted by Crippen LogP contribution is -2.12. The summed E-state index contributed by atoms with van der Waals surface area (Å²) in [4.78, 5) is 23.5. The number of rotatable bonds is 4. The number of aromatic nitrogens is 2. The van der Waals surface area contributed by atoms with Crippen LogP contribution in [0.3, 0.4) is 0 Å². The molecule has 1 aromatic heterocycles. The van der Waals surface area contributed by atoms with E-state index >= 15 is 0 Å². The molecule has 2 aromatic rings. The molecule has 1 aromatic carbocycles. The Bertz CT molecular complexity index is 661. The van der Waals surface area contributed by atoms with Gasteiger partial charge in [0.2, 0.25) is 5.88 Å². The van der Waals surface area contributed by atoms with E-state index < -0.39 is 0 Å². The number of nitrogens with zero attached hydrogens (tertiary/aromatic N) is 2. The van der Waals surface area contributed by atoms with Crippen LogP contribution in [0.5, 0.6) is 5.88 Å². The zero-order chi connectivity index (χ0) is 14.7. The molecule has 0 aliphatic rings. The van der Waals surface area contributed by atoms with Gasteiger partial charge in [0.1, 0.15) is 5.56 Å². The summed E-state index contributed by atoms with van der Waals surface area (Å²) in [7, 11) is 3.16. The highest BCUT2D eigenvalue weighted by atomic mass is 16.5. The van der Waals surface area contributed by atoms with Crippen molar-refractivity contribution in [2.24, 2.45) is 7.05 Å². The van der Waals surface area contributed by atoms with E-state index in [1.807, 2.05) is 0 Å². The lowest BCUT2D eigenvalue weighted by atomic mass is 10.1. The molecule has 0 fully saturated rings. The molecule has 0 spiro atoms. The Morgan fingerprint density at radius 3 is 2.75 bits per heavy atom. The van der Waals surface area contributed by atoms with Gasteiger partial charge in [0.15, 0.2) is 5.78 Å². The standard InChI is InChI=1S/C14H15N3O3/c1-9(18)10-5-4-6-11(7-10)15-13(19)12-8-17(2)16-14(12)20-3/h4-8H,1-3H3,(H,15,19). The molecule has 1 heterocycles. The molecule has 6 heteroatoms. The molecule has 20 heavy (non-hydrogen) atoms. The maximum Gasteiger partial charge on any atom is 0.262 e. The van der Waals surface area contributed by atoms with Crippen molar-refractivity contribution in [1.82, 2.24) is 9.78 Å². The molecule has 0 atom stereocenters. The third-order valence-electron chi connectivity index (χ3n) is 2.76. The Morgan fingerprint density at radius 2 is 2.10 bits per heavy atom. The van der Waals surface area contributed by atoms with Crippen molar-refractivity contribution < 1.29 is 14.3 Å². The fourth-order valence-electron chi connectivity index (χ4n) is 1.79. The van der Waals surface area contributed by atoms with Crippen molar-refractivity contribution in [3.8, 4) is 5.88 Å². The molecule has 1 N–H and O–H groups in total. The topological polar surface area (TPSA) is 73.2 Å². The third kappa shape index (κ3) is 2.85. The maximum absolute atomic E-state index is 12.2. The Balaban J connectivity index is 2.23. The van der Waals surface area contributed by atoms with E-state index in [2.05, 4.69) is 10.4 Å². The fourth-order valence-corrected chi connectivity index (χ4v) is 1.79. The van der Waals surface area contributed by atoms with Gasteiger partial charge in [0.25, 0.3) is 5.91 Å². The van der Waals surface area contributed by atoms with Gasteiger partial charge in [-0.05, 0) is 19.1 Å². The summed E-state index contributed by atoms with van der Waals surface area (Å²) in [5, 5.41) is 6.73. The van der Waals surface area contributed by atoms with Gasteiger partial charge < -0.3 is 10.1 Å². The van der Waals surface area contributed by atoms with E-state index in [-0.39, 0.29) is 17.6 Å². The lowest BCUT2D eigenvalue weighted by molar-refractivity contribution is 0.101. The summed E-state index contributed by atoms with van der Waals surface area (Å²) in [6, 6.07) is 6.76. The number of methoxy groups -OCH3 is 1. The maximum atomic E-state index is 12.2. The number of nitrogens with one attached hydrogen (secondary N) is 1. The Hall–Kier alpha value is -2.63. The second-order valence-corrected chi connectivity index (χ2v) is 4.32. The van der Waals surface area contributed by atoms with Crippen molar-refractivity contribution in [3.63, 3.8) is 0 Å². The third-order valence-corrected chi connectivity index (χ3v) is 2.76. The molecule has 1 amide bonds. The number of ketones is 1. The number of hydrogen-bond donors (Lipinski definition) is 1. The van der Waals surface area contributed by atoms with Crippen LogP contribution >= 0.6 is 0 Å². The van der Waals surface area contributed by atoms with E-state index in [0.29, 0.717) is 16.8 Å². The van der Waals surface area contributed by atoms with Crippen LogP contribution in [0.2, 0.25) is 0 Å². The van der Waals surface area contributed by atoms with E-state index in [4.69, 9.17) is 4.74 Å². The van der Waals surface area contributed by atoms with Crippen LogP contribution in [0.1, 0.15) is 27.6 Å². The minimum atomic E-state index is -0.337. The lowest BCUT2D eigenvalue weighted by Gasteiger charge is -2.05. The predicted octanol–water partition coefficient (Wildman–Crippen LogP) is 1.88. The highest BCUT2D eigenvalue weighted by molar-refractivity contribution is 6.06. The number of Topliss-reactive ketones (excluding diaryl/α,β-unsaturated/α-hetero) is 1. The SMILES string of the molecule is COc1nn(C)cc1C(=O)Nc1cccc(C(C)=O)c1. The first-order chi connectivity index (χ1) is 9.51. The minimum absolute atomic E-state index is 0.0555. The predicted molar refractivity (Wildman–Crippen MR) is 74.2 cm³/mol. The number of carbonyl (C=O) groups excluding carboxylic acids is 2. The number of ether oxygens (including phenoxy) is 1. The summed E-state index contributed by atoms with van der Waals surface area (Å²) in [5.74, 6) is -0.136. The second kappa shape index (κ2) is 5.56. The monoisotopic (exact) mass is 273 g/mol. The largest absolute Gasteiger partial charge is 0.479 e. The van der Waals surface area contributed by atoms with Crippen LogP contribution in [0.15, 0.2) is 30.5 Å². The molecule has 2 rings (SSSR count). The average molecular weight is 273 g/mol. The summed E-state index contributed by atoms with van der Waals surface area (Å²) in [6.07, 6.45) is 1.57. The summed E-state index contributed by atoms with van der Waals surface area (Å²) < 4.78 is 6.54. The molecule has 0 radical (unpaired) electrons. The molecule has 0 saturated carbocycles. The Kier molecular flexibility index (Phi) is 3.84. The van der Waals surface area contributed by atoms with Crippen molar-refractivity contribution in [1.29, 1.82) is 0 Å². The molecule has 0 aliphatic carbocycles. The van der Waals surface area contributed by atoms with E-state index in [0.717, 1.165) is 0 Å². The van der Waals surface area contributed by atoms with E-state index in [1.165, 1.54) is 18.7 Å². The van der Waals surface area contributed by atoms with Crippen molar-refractivity contribution >= 4 is 17.4 Å². The number of anilines is 1. The minimum Gasteiger partial charge on any atom is -0.479 e. The van der Waals surface area contributed by atoms with Gasteiger partial charge in [-0.25, -0.2) is 0 Å². The molecule has 0 saturated heterocycles. The van der Waals surface area contributed by atoms with Crippen LogP contribution in [-0.4, -0.2) is 28.6 Å². The number of carbonyl (C=O) groups is 2. The van der Waals surface area contributed by atoms with Gasteiger partial charge in [0, 0.05) is 24.5 Å². The Morgan fingerprint density at radius 1 is 1.35 bits per heavy atom. The first kappa shape index (κ1) is 13.8. The highest BCUT2D eigenvalue weighted by Crippen LogP contribution is 2.18. The number of benzene rings is 1. The number of amides is 1. The van der Waals surface area contributed by atoms with Crippen molar-refractivity contribution in [2.75, 3.05) is 12.4 Å². The first-order valence-electron chi connectivity index (χ1n) is 6.01. The normalized spacial score (nSPS) is 10.2. The molecule has 0 aliphatic heterocycles. The van der Waals surface area contributed by atoms with Gasteiger partial charge in [-0.3, -0.25) is 14.3 Å². The number of aryl methyl sites for hydroxylation is 1. The van der Waals surface area contributed by atoms with Crippen molar-refractivity contribution in [3.05, 3.63) is 41.6 Å². The zero-order valence-corrected chi connectivity index (χ0v) is 11.5. The molecule has 6 nitrogen and oxygen atoms in total. The van der Waals surface area contributed by atoms with E-state index in [9.17, 15) is 9.59 Å². The van der Waals surface area contributed by atoms with E-state index in [1.54, 1.807) is 37.5 Å². The second-order valence-electron chi connectivity index (χ2n) is 4.32. The van der Waals surface area contributed by atoms with Crippen molar-refractivity contribution in [2.45, 2.75) is 6.92 Å². The van der Waals surface area contributed by atoms with Gasteiger partial charge in [0.05, 0.1) is 7.11 Å². The molecule has 104 valence electrons. The smallest absolute Gasteiger partial charge is 0.262 e. The molecule has 0 bridgehead atoms. The van der Waals surface area contributed by atoms with Gasteiger partial charge in [-0.15, -0.1) is 5.10 Å². The quantitative estimate of drug-likeness (QED) is 0.863. The first-order valence-corrected chi connectivity index (χ1v) is 6.01. The summed E-state index contributed by atoms with van der Waals surface area (Å²) in [6.45, 7) is 1.48. The number of hydrogen-bond acceptors (Lipinski definition) is 4. The van der Waals surface area contributed by atoms with Gasteiger partial charge in [-0.2, -0.15) is 0 Å². The zero-order valence-electron chi connectivity index (χ0n) is 11.5. The fraction of sp³-hybridized carbons (Fsp3) is 0.214. The Labute approximate surface area is 116 Å². The van der Waals surface area contributed by atoms with Crippen LogP contribution in [0.4, 0.5) is 5.69 Å². The summed E-state index contributed by atoms with van der Waals surface area (Å²) >= 11 is 0. The van der Waals surface area contributed by atoms with Crippen LogP contribution < -0.4 is 10.1 Å². The highest BCUT2D eigenvalue weighted by Gasteiger charge is 2.16. The molecular weight excluding hydrogens is 258 g/mol. The van der Waals surface area contributed by atoms with Gasteiger partial charge in [-0.1, -0.05) is 12.1 Å². The van der Waals surface area contributed by atoms with Crippen LogP contribution in [0, 0.1) is 0 Å². The van der Waals surface area contributed by atoms with Crippen LogP contribution in [-0.2, 0) is 7.05 Å². The summed E-state index contributed by atoms with van der Waals surface area (Å²) in [5.41, 5.74) is 1.43.